The molecular weight excluding hydrogens is 290 g/mol. The van der Waals surface area contributed by atoms with Crippen LogP contribution in [0.15, 0.2) is 6.20 Å². The van der Waals surface area contributed by atoms with Gasteiger partial charge in [0.05, 0.1) is 6.20 Å². The normalized spacial score (nSPS) is 29.9. The lowest BCUT2D eigenvalue weighted by Crippen LogP contribution is -2.44. The van der Waals surface area contributed by atoms with Crippen molar-refractivity contribution in [1.29, 1.82) is 0 Å². The molecule has 3 rings (SSSR count). The van der Waals surface area contributed by atoms with Gasteiger partial charge in [-0.05, 0) is 44.3 Å². The number of aromatic nitrogens is 2. The number of fused-ring (bicyclic) bond motifs is 2. The van der Waals surface area contributed by atoms with Crippen LogP contribution in [0.1, 0.15) is 25.7 Å². The van der Waals surface area contributed by atoms with E-state index in [1.165, 1.54) is 12.8 Å². The predicted octanol–water partition coefficient (Wildman–Crippen LogP) is 2.73. The summed E-state index contributed by atoms with van der Waals surface area (Å²) in [7, 11) is 2.18. The van der Waals surface area contributed by atoms with Gasteiger partial charge < -0.3 is 10.2 Å². The molecular formula is C12H17Cl2FN4. The highest BCUT2D eigenvalue weighted by Gasteiger charge is 2.38. The van der Waals surface area contributed by atoms with Gasteiger partial charge >= 0.3 is 0 Å². The van der Waals surface area contributed by atoms with Crippen molar-refractivity contribution in [1.82, 2.24) is 14.9 Å². The van der Waals surface area contributed by atoms with Gasteiger partial charge in [-0.1, -0.05) is 0 Å². The summed E-state index contributed by atoms with van der Waals surface area (Å²) in [5.41, 5.74) is 0. The monoisotopic (exact) mass is 306 g/mol. The molecule has 19 heavy (non-hydrogen) atoms. The third kappa shape index (κ3) is 2.93. The molecule has 0 spiro atoms. The van der Waals surface area contributed by atoms with Crippen molar-refractivity contribution in [2.75, 3.05) is 12.4 Å². The molecule has 2 aliphatic heterocycles. The zero-order valence-corrected chi connectivity index (χ0v) is 12.2. The number of rotatable bonds is 2. The SMILES string of the molecule is CN1C2CCC1CC(Nc1nc(Cl)ncc1F)C2.Cl. The number of hydrogen-bond donors (Lipinski definition) is 1. The lowest BCUT2D eigenvalue weighted by atomic mass is 9.98. The minimum Gasteiger partial charge on any atom is -0.365 e. The molecule has 2 saturated heterocycles. The molecule has 2 aliphatic rings. The topological polar surface area (TPSA) is 41.0 Å². The van der Waals surface area contributed by atoms with Gasteiger partial charge in [0.15, 0.2) is 11.6 Å². The Hall–Kier alpha value is -0.650. The first kappa shape index (κ1) is 14.8. The third-order valence-corrected chi connectivity index (χ3v) is 4.34. The van der Waals surface area contributed by atoms with Crippen molar-refractivity contribution >= 4 is 29.8 Å². The van der Waals surface area contributed by atoms with Gasteiger partial charge in [0.25, 0.3) is 0 Å². The molecule has 0 radical (unpaired) electrons. The molecule has 2 atom stereocenters. The van der Waals surface area contributed by atoms with E-state index >= 15 is 0 Å². The summed E-state index contributed by atoms with van der Waals surface area (Å²) in [6.45, 7) is 0. The largest absolute Gasteiger partial charge is 0.365 e. The fourth-order valence-electron chi connectivity index (χ4n) is 3.17. The molecule has 1 aromatic rings. The highest BCUT2D eigenvalue weighted by molar-refractivity contribution is 6.28. The number of piperidine rings is 1. The van der Waals surface area contributed by atoms with Gasteiger partial charge in [-0.3, -0.25) is 0 Å². The van der Waals surface area contributed by atoms with Crippen LogP contribution in [0.4, 0.5) is 10.2 Å². The van der Waals surface area contributed by atoms with E-state index in [9.17, 15) is 4.39 Å². The molecule has 2 unspecified atom stereocenters. The Bertz CT molecular complexity index is 445. The molecule has 106 valence electrons. The highest BCUT2D eigenvalue weighted by atomic mass is 35.5. The van der Waals surface area contributed by atoms with Gasteiger partial charge in [0.2, 0.25) is 5.28 Å². The van der Waals surface area contributed by atoms with Crippen molar-refractivity contribution in [3.05, 3.63) is 17.3 Å². The molecule has 4 nitrogen and oxygen atoms in total. The lowest BCUT2D eigenvalue weighted by molar-refractivity contribution is 0.168. The molecule has 3 heterocycles. The average molecular weight is 307 g/mol. The number of nitrogens with zero attached hydrogens (tertiary/aromatic N) is 3. The van der Waals surface area contributed by atoms with E-state index in [2.05, 4.69) is 27.2 Å². The van der Waals surface area contributed by atoms with Crippen LogP contribution in [0.3, 0.4) is 0 Å². The molecule has 0 saturated carbocycles. The van der Waals surface area contributed by atoms with Crippen LogP contribution in [-0.2, 0) is 0 Å². The van der Waals surface area contributed by atoms with Gasteiger partial charge in [-0.25, -0.2) is 9.37 Å². The maximum absolute atomic E-state index is 13.6. The maximum atomic E-state index is 13.6. The lowest BCUT2D eigenvalue weighted by Gasteiger charge is -2.36. The minimum absolute atomic E-state index is 0. The van der Waals surface area contributed by atoms with Crippen LogP contribution >= 0.6 is 24.0 Å². The van der Waals surface area contributed by atoms with Crippen molar-refractivity contribution < 1.29 is 4.39 Å². The Morgan fingerprint density at radius 2 is 2.00 bits per heavy atom. The second kappa shape index (κ2) is 5.77. The fourth-order valence-corrected chi connectivity index (χ4v) is 3.30. The van der Waals surface area contributed by atoms with Gasteiger partial charge in [-0.2, -0.15) is 4.98 Å². The molecule has 2 bridgehead atoms. The van der Waals surface area contributed by atoms with E-state index in [0.29, 0.717) is 12.1 Å². The van der Waals surface area contributed by atoms with Gasteiger partial charge in [0, 0.05) is 18.1 Å². The zero-order valence-electron chi connectivity index (χ0n) is 10.6. The quantitative estimate of drug-likeness (QED) is 0.853. The molecule has 0 aliphatic carbocycles. The second-order valence-electron chi connectivity index (χ2n) is 5.20. The number of anilines is 1. The Kier molecular flexibility index (Phi) is 4.48. The standard InChI is InChI=1S/C12H16ClFN4.ClH/c1-18-8-2-3-9(18)5-7(4-8)16-11-10(14)6-15-12(13)17-11;/h6-9H,2-5H2,1H3,(H,15,16,17);1H. The molecule has 7 heteroatoms. The number of hydrogen-bond acceptors (Lipinski definition) is 4. The zero-order chi connectivity index (χ0) is 12.7. The fraction of sp³-hybridized carbons (Fsp3) is 0.667. The summed E-state index contributed by atoms with van der Waals surface area (Å²) in [6.07, 6.45) is 5.67. The summed E-state index contributed by atoms with van der Waals surface area (Å²) in [6, 6.07) is 1.50. The Labute approximate surface area is 123 Å². The van der Waals surface area contributed by atoms with Crippen molar-refractivity contribution in [2.45, 2.75) is 43.8 Å². The van der Waals surface area contributed by atoms with Crippen molar-refractivity contribution in [3.63, 3.8) is 0 Å². The predicted molar refractivity (Wildman–Crippen MR) is 75.5 cm³/mol. The van der Waals surface area contributed by atoms with Crippen LogP contribution in [0, 0.1) is 5.82 Å². The van der Waals surface area contributed by atoms with Crippen LogP contribution in [0.2, 0.25) is 5.28 Å². The van der Waals surface area contributed by atoms with Gasteiger partial charge in [0.1, 0.15) is 0 Å². The van der Waals surface area contributed by atoms with E-state index in [4.69, 9.17) is 11.6 Å². The maximum Gasteiger partial charge on any atom is 0.224 e. The molecule has 1 aromatic heterocycles. The molecule has 1 N–H and O–H groups in total. The van der Waals surface area contributed by atoms with E-state index in [0.717, 1.165) is 19.0 Å². The molecule has 2 fully saturated rings. The van der Waals surface area contributed by atoms with Crippen molar-refractivity contribution in [3.8, 4) is 0 Å². The molecule has 0 aromatic carbocycles. The van der Waals surface area contributed by atoms with E-state index in [-0.39, 0.29) is 29.6 Å². The first-order valence-electron chi connectivity index (χ1n) is 6.30. The third-order valence-electron chi connectivity index (χ3n) is 4.15. The number of halogens is 3. The first-order chi connectivity index (χ1) is 8.63. The summed E-state index contributed by atoms with van der Waals surface area (Å²) >= 11 is 5.69. The smallest absolute Gasteiger partial charge is 0.224 e. The summed E-state index contributed by atoms with van der Waals surface area (Å²) in [5.74, 6) is -0.213. The Morgan fingerprint density at radius 3 is 2.63 bits per heavy atom. The summed E-state index contributed by atoms with van der Waals surface area (Å²) < 4.78 is 13.6. The van der Waals surface area contributed by atoms with Crippen LogP contribution in [0.25, 0.3) is 0 Å². The van der Waals surface area contributed by atoms with Gasteiger partial charge in [-0.15, -0.1) is 12.4 Å². The highest BCUT2D eigenvalue weighted by Crippen LogP contribution is 2.35. The van der Waals surface area contributed by atoms with Crippen LogP contribution in [-0.4, -0.2) is 40.0 Å². The van der Waals surface area contributed by atoms with Crippen LogP contribution < -0.4 is 5.32 Å². The van der Waals surface area contributed by atoms with E-state index < -0.39 is 5.82 Å². The average Bonchev–Trinajstić information content (AvgIpc) is 2.58. The Morgan fingerprint density at radius 1 is 1.37 bits per heavy atom. The van der Waals surface area contributed by atoms with Crippen LogP contribution in [0.5, 0.6) is 0 Å². The van der Waals surface area contributed by atoms with E-state index in [1.54, 1.807) is 0 Å². The minimum atomic E-state index is -0.439. The first-order valence-corrected chi connectivity index (χ1v) is 6.68. The Balaban J connectivity index is 0.00000133. The number of nitrogens with one attached hydrogen (secondary N) is 1. The summed E-state index contributed by atoms with van der Waals surface area (Å²) in [4.78, 5) is 9.97. The summed E-state index contributed by atoms with van der Waals surface area (Å²) in [5, 5.41) is 3.25. The van der Waals surface area contributed by atoms with E-state index in [1.807, 2.05) is 0 Å². The molecule has 0 amide bonds. The van der Waals surface area contributed by atoms with Crippen molar-refractivity contribution in [2.24, 2.45) is 0 Å². The second-order valence-corrected chi connectivity index (χ2v) is 5.54.